The largest absolute Gasteiger partial charge is 0.355 e. The Morgan fingerprint density at radius 2 is 1.76 bits per heavy atom. The minimum atomic E-state index is -3.00. The van der Waals surface area contributed by atoms with Gasteiger partial charge in [0, 0.05) is 39.8 Å². The van der Waals surface area contributed by atoms with E-state index in [1.807, 2.05) is 7.05 Å². The van der Waals surface area contributed by atoms with E-state index >= 15 is 0 Å². The van der Waals surface area contributed by atoms with Crippen molar-refractivity contribution < 1.29 is 8.42 Å². The maximum atomic E-state index is 11.9. The molecule has 0 aromatic carbocycles. The molecule has 3 aliphatic rings. The summed E-state index contributed by atoms with van der Waals surface area (Å²) in [5.74, 6) is 1.25. The van der Waals surface area contributed by atoms with Crippen molar-refractivity contribution in [3.8, 4) is 0 Å². The van der Waals surface area contributed by atoms with Crippen LogP contribution in [0, 0.1) is 5.41 Å². The van der Waals surface area contributed by atoms with Gasteiger partial charge in [0.1, 0.15) is 0 Å². The number of likely N-dealkylation sites (tertiary alicyclic amines) is 1. The fourth-order valence-electron chi connectivity index (χ4n) is 4.84. The first-order valence-corrected chi connectivity index (χ1v) is 11.6. The van der Waals surface area contributed by atoms with Crippen LogP contribution in [0.1, 0.15) is 57.8 Å². The third kappa shape index (κ3) is 4.67. The fraction of sp³-hybridized carbons (Fsp3) is 0.944. The van der Waals surface area contributed by atoms with Crippen LogP contribution < -0.4 is 5.32 Å². The second-order valence-electron chi connectivity index (χ2n) is 7.98. The molecule has 25 heavy (non-hydrogen) atoms. The SMILES string of the molecule is CN=C(NCCN1CCCS1(=O)=O)N1CCCC2(CCCCCC2)C1. The highest BCUT2D eigenvalue weighted by molar-refractivity contribution is 7.89. The minimum absolute atomic E-state index is 0.302. The Morgan fingerprint density at radius 1 is 1.04 bits per heavy atom. The highest BCUT2D eigenvalue weighted by Gasteiger charge is 2.36. The molecule has 1 N–H and O–H groups in total. The smallest absolute Gasteiger partial charge is 0.214 e. The average molecular weight is 371 g/mol. The standard InChI is InChI=1S/C18H34N4O2S/c1-19-17(20-11-14-22-13-7-15-25(22,23)24)21-12-6-10-18(16-21)8-4-2-3-5-9-18/h2-16H2,1H3,(H,19,20). The second-order valence-corrected chi connectivity index (χ2v) is 10.1. The summed E-state index contributed by atoms with van der Waals surface area (Å²) in [5.41, 5.74) is 0.477. The lowest BCUT2D eigenvalue weighted by Crippen LogP contribution is -2.51. The maximum Gasteiger partial charge on any atom is 0.214 e. The third-order valence-corrected chi connectivity index (χ3v) is 8.14. The van der Waals surface area contributed by atoms with E-state index in [0.29, 0.717) is 30.8 Å². The van der Waals surface area contributed by atoms with Gasteiger partial charge < -0.3 is 10.2 Å². The molecule has 0 unspecified atom stereocenters. The number of nitrogens with one attached hydrogen (secondary N) is 1. The molecule has 2 heterocycles. The highest BCUT2D eigenvalue weighted by atomic mass is 32.2. The summed E-state index contributed by atoms with van der Waals surface area (Å²) in [6, 6.07) is 0. The zero-order valence-electron chi connectivity index (χ0n) is 15.7. The summed E-state index contributed by atoms with van der Waals surface area (Å²) in [5, 5.41) is 3.41. The molecule has 0 atom stereocenters. The number of nitrogens with zero attached hydrogens (tertiary/aromatic N) is 3. The molecule has 2 aliphatic heterocycles. The van der Waals surface area contributed by atoms with E-state index in [0.717, 1.165) is 25.5 Å². The van der Waals surface area contributed by atoms with Crippen molar-refractivity contribution in [2.45, 2.75) is 57.8 Å². The van der Waals surface area contributed by atoms with E-state index in [9.17, 15) is 8.42 Å². The molecule has 144 valence electrons. The van der Waals surface area contributed by atoms with Crippen molar-refractivity contribution in [3.05, 3.63) is 0 Å². The van der Waals surface area contributed by atoms with Crippen LogP contribution in [0.3, 0.4) is 0 Å². The van der Waals surface area contributed by atoms with Gasteiger partial charge in [-0.05, 0) is 37.5 Å². The van der Waals surface area contributed by atoms with E-state index < -0.39 is 10.0 Å². The monoisotopic (exact) mass is 370 g/mol. The van der Waals surface area contributed by atoms with Gasteiger partial charge in [-0.25, -0.2) is 12.7 Å². The van der Waals surface area contributed by atoms with Crippen LogP contribution in [0.25, 0.3) is 0 Å². The van der Waals surface area contributed by atoms with Gasteiger partial charge >= 0.3 is 0 Å². The lowest BCUT2D eigenvalue weighted by molar-refractivity contribution is 0.115. The molecular formula is C18H34N4O2S. The highest BCUT2D eigenvalue weighted by Crippen LogP contribution is 2.42. The van der Waals surface area contributed by atoms with Gasteiger partial charge in [0.05, 0.1) is 5.75 Å². The van der Waals surface area contributed by atoms with Gasteiger partial charge in [-0.2, -0.15) is 0 Å². The Kier molecular flexibility index (Phi) is 6.25. The molecule has 2 saturated heterocycles. The summed E-state index contributed by atoms with van der Waals surface area (Å²) < 4.78 is 25.4. The van der Waals surface area contributed by atoms with Crippen molar-refractivity contribution >= 4 is 16.0 Å². The Hall–Kier alpha value is -0.820. The van der Waals surface area contributed by atoms with Gasteiger partial charge in [-0.3, -0.25) is 4.99 Å². The number of aliphatic imine (C=N–C) groups is 1. The van der Waals surface area contributed by atoms with E-state index in [1.54, 1.807) is 4.31 Å². The minimum Gasteiger partial charge on any atom is -0.355 e. The van der Waals surface area contributed by atoms with Gasteiger partial charge in [-0.15, -0.1) is 0 Å². The number of hydrogen-bond donors (Lipinski definition) is 1. The van der Waals surface area contributed by atoms with Crippen LogP contribution in [0.2, 0.25) is 0 Å². The van der Waals surface area contributed by atoms with Gasteiger partial charge in [0.25, 0.3) is 0 Å². The number of sulfonamides is 1. The fourth-order valence-corrected chi connectivity index (χ4v) is 6.37. The first-order valence-electron chi connectivity index (χ1n) is 9.98. The summed E-state index contributed by atoms with van der Waals surface area (Å²) in [6.07, 6.45) is 11.6. The molecule has 3 rings (SSSR count). The summed E-state index contributed by atoms with van der Waals surface area (Å²) >= 11 is 0. The Labute approximate surface area is 153 Å². The van der Waals surface area contributed by atoms with E-state index in [4.69, 9.17) is 0 Å². The zero-order chi connectivity index (χ0) is 17.8. The van der Waals surface area contributed by atoms with Crippen molar-refractivity contribution in [2.24, 2.45) is 10.4 Å². The quantitative estimate of drug-likeness (QED) is 0.610. The molecule has 1 saturated carbocycles. The first kappa shape index (κ1) is 19.0. The van der Waals surface area contributed by atoms with E-state index in [-0.39, 0.29) is 0 Å². The molecule has 3 fully saturated rings. The molecule has 6 nitrogen and oxygen atoms in total. The molecular weight excluding hydrogens is 336 g/mol. The molecule has 1 spiro atoms. The van der Waals surface area contributed by atoms with E-state index in [2.05, 4.69) is 15.2 Å². The normalized spacial score (nSPS) is 27.4. The van der Waals surface area contributed by atoms with Crippen LogP contribution >= 0.6 is 0 Å². The van der Waals surface area contributed by atoms with Crippen LogP contribution in [0.4, 0.5) is 0 Å². The molecule has 1 aliphatic carbocycles. The first-order chi connectivity index (χ1) is 12.0. The Morgan fingerprint density at radius 3 is 2.40 bits per heavy atom. The zero-order valence-corrected chi connectivity index (χ0v) is 16.5. The van der Waals surface area contributed by atoms with E-state index in [1.165, 1.54) is 51.4 Å². The average Bonchev–Trinajstić information content (AvgIpc) is 2.79. The molecule has 0 aromatic heterocycles. The molecule has 0 bridgehead atoms. The number of guanidine groups is 1. The molecule has 7 heteroatoms. The lowest BCUT2D eigenvalue weighted by Gasteiger charge is -2.44. The predicted octanol–water partition coefficient (Wildman–Crippen LogP) is 2.03. The predicted molar refractivity (Wildman–Crippen MR) is 102 cm³/mol. The number of rotatable bonds is 3. The summed E-state index contributed by atoms with van der Waals surface area (Å²) in [7, 11) is -1.17. The number of piperidine rings is 1. The second kappa shape index (κ2) is 8.25. The van der Waals surface area contributed by atoms with Crippen LogP contribution in [-0.4, -0.2) is 69.1 Å². The molecule has 0 radical (unpaired) electrons. The van der Waals surface area contributed by atoms with Gasteiger partial charge in [-0.1, -0.05) is 25.7 Å². The van der Waals surface area contributed by atoms with Crippen molar-refractivity contribution in [2.75, 3.05) is 45.5 Å². The molecule has 0 aromatic rings. The van der Waals surface area contributed by atoms with Crippen LogP contribution in [0.15, 0.2) is 4.99 Å². The summed E-state index contributed by atoms with van der Waals surface area (Å²) in [6.45, 7) is 4.00. The summed E-state index contributed by atoms with van der Waals surface area (Å²) in [4.78, 5) is 6.89. The maximum absolute atomic E-state index is 11.9. The topological polar surface area (TPSA) is 65.0 Å². The number of hydrogen-bond acceptors (Lipinski definition) is 3. The van der Waals surface area contributed by atoms with Gasteiger partial charge in [0.2, 0.25) is 10.0 Å². The molecule has 0 amide bonds. The van der Waals surface area contributed by atoms with Crippen molar-refractivity contribution in [1.29, 1.82) is 0 Å². The van der Waals surface area contributed by atoms with Crippen molar-refractivity contribution in [1.82, 2.24) is 14.5 Å². The Balaban J connectivity index is 1.53. The van der Waals surface area contributed by atoms with Crippen LogP contribution in [0.5, 0.6) is 0 Å². The van der Waals surface area contributed by atoms with Gasteiger partial charge in [0.15, 0.2) is 5.96 Å². The Bertz CT molecular complexity index is 568. The van der Waals surface area contributed by atoms with Crippen LogP contribution in [-0.2, 0) is 10.0 Å². The van der Waals surface area contributed by atoms with Crippen molar-refractivity contribution in [3.63, 3.8) is 0 Å². The lowest BCUT2D eigenvalue weighted by atomic mass is 9.74. The third-order valence-electron chi connectivity index (χ3n) is 6.18.